The molecule has 0 spiro atoms. The molecule has 2 saturated heterocycles. The van der Waals surface area contributed by atoms with Gasteiger partial charge in [0.15, 0.2) is 5.82 Å². The molecule has 2 bridgehead atoms. The van der Waals surface area contributed by atoms with Crippen LogP contribution in [0.1, 0.15) is 33.6 Å². The van der Waals surface area contributed by atoms with Crippen molar-refractivity contribution in [1.82, 2.24) is 14.9 Å². The Morgan fingerprint density at radius 3 is 2.83 bits per heavy atom. The zero-order valence-corrected chi connectivity index (χ0v) is 19.1. The van der Waals surface area contributed by atoms with Gasteiger partial charge in [-0.15, -0.1) is 0 Å². The first-order valence-electron chi connectivity index (χ1n) is 9.90. The first-order chi connectivity index (χ1) is 14.1. The van der Waals surface area contributed by atoms with E-state index in [1.807, 2.05) is 25.7 Å². The Labute approximate surface area is 186 Å². The number of carbonyl (C=O) groups excluding carboxylic acids is 1. The predicted octanol–water partition coefficient (Wildman–Crippen LogP) is 4.53. The molecule has 0 aliphatic carbocycles. The van der Waals surface area contributed by atoms with Gasteiger partial charge >= 0.3 is 6.09 Å². The number of hydrogen-bond acceptors (Lipinski definition) is 6. The first-order valence-corrected chi connectivity index (χ1v) is 11.1. The molecule has 10 heteroatoms. The van der Waals surface area contributed by atoms with Crippen molar-refractivity contribution in [3.05, 3.63) is 21.6 Å². The second-order valence-corrected chi connectivity index (χ2v) is 10.1. The average Bonchev–Trinajstić information content (AvgIpc) is 2.89. The van der Waals surface area contributed by atoms with Crippen LogP contribution in [0.15, 0.2) is 10.5 Å². The van der Waals surface area contributed by atoms with Crippen LogP contribution in [-0.2, 0) is 4.74 Å². The minimum Gasteiger partial charge on any atom is -0.490 e. The summed E-state index contributed by atoms with van der Waals surface area (Å²) in [5, 5.41) is 0.482. The zero-order valence-electron chi connectivity index (χ0n) is 16.8. The van der Waals surface area contributed by atoms with Crippen molar-refractivity contribution in [3.63, 3.8) is 0 Å². The Balaban J connectivity index is 1.59. The number of rotatable bonds is 0. The topological polar surface area (TPSA) is 67.8 Å². The molecule has 3 aliphatic heterocycles. The Kier molecular flexibility index (Phi) is 4.56. The maximum absolute atomic E-state index is 14.8. The minimum atomic E-state index is -0.569. The molecule has 2 aromatic rings. The lowest BCUT2D eigenvalue weighted by atomic mass is 10.0. The monoisotopic (exact) mass is 498 g/mol. The molecule has 4 heterocycles. The van der Waals surface area contributed by atoms with Crippen molar-refractivity contribution < 1.29 is 18.7 Å². The van der Waals surface area contributed by atoms with Crippen LogP contribution >= 0.6 is 27.5 Å². The van der Waals surface area contributed by atoms with Crippen molar-refractivity contribution in [2.24, 2.45) is 0 Å². The summed E-state index contributed by atoms with van der Waals surface area (Å²) in [5.74, 6) is 0.547. The van der Waals surface area contributed by atoms with Gasteiger partial charge in [-0.25, -0.2) is 14.2 Å². The average molecular weight is 500 g/mol. The van der Waals surface area contributed by atoms with Crippen LogP contribution in [0, 0.1) is 5.82 Å². The van der Waals surface area contributed by atoms with Gasteiger partial charge in [0.2, 0.25) is 5.28 Å². The largest absolute Gasteiger partial charge is 0.490 e. The molecule has 7 nitrogen and oxygen atoms in total. The van der Waals surface area contributed by atoms with E-state index >= 15 is 0 Å². The third-order valence-corrected chi connectivity index (χ3v) is 6.61. The zero-order chi connectivity index (χ0) is 21.4. The SMILES string of the molecule is CC(C)(C)OC(=O)N1[C@@H]2CC[C@H]1[C@H]1COc3cc(Br)c(F)c4nc(Cl)nc(c34)N1C2. The van der Waals surface area contributed by atoms with Gasteiger partial charge in [0.05, 0.1) is 28.0 Å². The molecular formula is C20H21BrClFN4O3. The van der Waals surface area contributed by atoms with Crippen molar-refractivity contribution >= 4 is 50.3 Å². The van der Waals surface area contributed by atoms with Gasteiger partial charge < -0.3 is 14.4 Å². The Hall–Kier alpha value is -1.87. The fourth-order valence-electron chi connectivity index (χ4n) is 4.75. The predicted molar refractivity (Wildman–Crippen MR) is 114 cm³/mol. The number of benzene rings is 1. The number of halogens is 3. The molecule has 5 rings (SSSR count). The minimum absolute atomic E-state index is 0.0215. The molecule has 30 heavy (non-hydrogen) atoms. The smallest absolute Gasteiger partial charge is 0.410 e. The molecule has 0 radical (unpaired) electrons. The highest BCUT2D eigenvalue weighted by Gasteiger charge is 2.51. The number of piperazine rings is 1. The second kappa shape index (κ2) is 6.82. The van der Waals surface area contributed by atoms with E-state index < -0.39 is 11.4 Å². The quantitative estimate of drug-likeness (QED) is 0.496. The van der Waals surface area contributed by atoms with Crippen molar-refractivity contribution in [3.8, 4) is 5.75 Å². The highest BCUT2D eigenvalue weighted by atomic mass is 79.9. The lowest BCUT2D eigenvalue weighted by Gasteiger charge is -2.46. The molecule has 0 N–H and O–H groups in total. The van der Waals surface area contributed by atoms with E-state index in [4.69, 9.17) is 21.1 Å². The fourth-order valence-corrected chi connectivity index (χ4v) is 5.31. The number of aromatic nitrogens is 2. The molecule has 0 saturated carbocycles. The summed E-state index contributed by atoms with van der Waals surface area (Å²) in [6.45, 7) is 6.46. The van der Waals surface area contributed by atoms with Gasteiger partial charge in [-0.05, 0) is 67.2 Å². The lowest BCUT2D eigenvalue weighted by molar-refractivity contribution is 0.00547. The summed E-state index contributed by atoms with van der Waals surface area (Å²) in [6, 6.07) is 1.33. The maximum Gasteiger partial charge on any atom is 0.410 e. The maximum atomic E-state index is 14.8. The standard InChI is InChI=1S/C20H21BrClFN4O3/c1-20(2,3)30-19(28)27-9-4-5-11(27)12-8-29-13-6-10(21)15(23)16-14(13)17(26(12)7-9)25-18(22)24-16/h6,9,11-12H,4-5,7-8H2,1-3H3/t9-,11+,12-/m1/s1. The van der Waals surface area contributed by atoms with Crippen LogP contribution < -0.4 is 9.64 Å². The molecule has 3 aliphatic rings. The van der Waals surface area contributed by atoms with Gasteiger partial charge in [-0.3, -0.25) is 4.90 Å². The highest BCUT2D eigenvalue weighted by molar-refractivity contribution is 9.10. The summed E-state index contributed by atoms with van der Waals surface area (Å²) >= 11 is 9.40. The van der Waals surface area contributed by atoms with Crippen LogP contribution in [0.4, 0.5) is 15.0 Å². The van der Waals surface area contributed by atoms with Gasteiger partial charge in [0.1, 0.15) is 29.3 Å². The van der Waals surface area contributed by atoms with Gasteiger partial charge in [-0.1, -0.05) is 0 Å². The van der Waals surface area contributed by atoms with Crippen LogP contribution in [0.3, 0.4) is 0 Å². The molecule has 1 amide bonds. The van der Waals surface area contributed by atoms with Gasteiger partial charge in [-0.2, -0.15) is 4.98 Å². The van der Waals surface area contributed by atoms with Gasteiger partial charge in [0, 0.05) is 6.54 Å². The fraction of sp³-hybridized carbons (Fsp3) is 0.550. The number of fused-ring (bicyclic) bond motifs is 5. The Morgan fingerprint density at radius 2 is 2.10 bits per heavy atom. The molecule has 160 valence electrons. The van der Waals surface area contributed by atoms with E-state index in [9.17, 15) is 9.18 Å². The molecular weight excluding hydrogens is 479 g/mol. The van der Waals surface area contributed by atoms with Crippen molar-refractivity contribution in [2.45, 2.75) is 57.3 Å². The molecule has 1 aromatic carbocycles. The summed E-state index contributed by atoms with van der Waals surface area (Å²) in [6.07, 6.45) is 1.39. The van der Waals surface area contributed by atoms with E-state index in [2.05, 4.69) is 30.8 Å². The lowest BCUT2D eigenvalue weighted by Crippen LogP contribution is -2.63. The summed E-state index contributed by atoms with van der Waals surface area (Å²) < 4.78 is 26.8. The summed E-state index contributed by atoms with van der Waals surface area (Å²) in [4.78, 5) is 25.4. The third-order valence-electron chi connectivity index (χ3n) is 5.87. The van der Waals surface area contributed by atoms with Crippen LogP contribution in [0.2, 0.25) is 5.28 Å². The van der Waals surface area contributed by atoms with Gasteiger partial charge in [0.25, 0.3) is 0 Å². The number of carbonyl (C=O) groups is 1. The second-order valence-electron chi connectivity index (χ2n) is 8.93. The third kappa shape index (κ3) is 3.09. The molecule has 1 aromatic heterocycles. The number of ether oxygens (including phenoxy) is 2. The first kappa shape index (κ1) is 20.1. The Bertz CT molecular complexity index is 1060. The molecule has 3 atom stereocenters. The normalized spacial score (nSPS) is 25.1. The Morgan fingerprint density at radius 1 is 1.33 bits per heavy atom. The number of hydrogen-bond donors (Lipinski definition) is 0. The van der Waals surface area contributed by atoms with E-state index in [-0.39, 0.29) is 39.5 Å². The van der Waals surface area contributed by atoms with Crippen LogP contribution in [-0.4, -0.2) is 57.8 Å². The summed E-state index contributed by atoms with van der Waals surface area (Å²) in [5.41, 5.74) is -0.447. The van der Waals surface area contributed by atoms with E-state index in [1.54, 1.807) is 6.07 Å². The number of amides is 1. The van der Waals surface area contributed by atoms with E-state index in [0.29, 0.717) is 30.1 Å². The van der Waals surface area contributed by atoms with Crippen LogP contribution in [0.25, 0.3) is 10.9 Å². The van der Waals surface area contributed by atoms with Crippen molar-refractivity contribution in [2.75, 3.05) is 18.1 Å². The molecule has 0 unspecified atom stereocenters. The van der Waals surface area contributed by atoms with Crippen LogP contribution in [0.5, 0.6) is 5.75 Å². The highest BCUT2D eigenvalue weighted by Crippen LogP contribution is 2.45. The number of nitrogens with zero attached hydrogens (tertiary/aromatic N) is 4. The van der Waals surface area contributed by atoms with Crippen molar-refractivity contribution in [1.29, 1.82) is 0 Å². The molecule has 2 fully saturated rings. The summed E-state index contributed by atoms with van der Waals surface area (Å²) in [7, 11) is 0. The number of anilines is 1. The van der Waals surface area contributed by atoms with E-state index in [0.717, 1.165) is 12.8 Å². The van der Waals surface area contributed by atoms with E-state index in [1.165, 1.54) is 0 Å².